The molecule has 2 amide bonds. The van der Waals surface area contributed by atoms with Crippen molar-refractivity contribution in [1.29, 1.82) is 0 Å². The number of aryl methyl sites for hydroxylation is 2. The topological polar surface area (TPSA) is 67.9 Å². The number of nitrogens with zero attached hydrogens (tertiary/aromatic N) is 1. The average Bonchev–Trinajstić information content (AvgIpc) is 2.71. The fourth-order valence-corrected chi connectivity index (χ4v) is 3.02. The molecule has 0 aliphatic heterocycles. The Morgan fingerprint density at radius 1 is 1.10 bits per heavy atom. The van der Waals surface area contributed by atoms with E-state index in [1.54, 1.807) is 14.0 Å². The molecular weight excluding hydrogens is 368 g/mol. The van der Waals surface area contributed by atoms with E-state index in [-0.39, 0.29) is 18.4 Å². The quantitative estimate of drug-likeness (QED) is 0.704. The molecule has 1 atom stereocenters. The maximum atomic E-state index is 13.0. The summed E-state index contributed by atoms with van der Waals surface area (Å²) in [6, 6.07) is 12.6. The number of carbonyl (C=O) groups is 2. The van der Waals surface area contributed by atoms with Crippen LogP contribution in [0.2, 0.25) is 0 Å². The Morgan fingerprint density at radius 2 is 1.79 bits per heavy atom. The van der Waals surface area contributed by atoms with Gasteiger partial charge in [0.1, 0.15) is 17.5 Å². The first kappa shape index (κ1) is 22.3. The first-order valence-electron chi connectivity index (χ1n) is 9.75. The highest BCUT2D eigenvalue weighted by atomic mass is 16.5. The van der Waals surface area contributed by atoms with E-state index in [1.807, 2.05) is 63.2 Å². The summed E-state index contributed by atoms with van der Waals surface area (Å²) in [4.78, 5) is 26.9. The molecule has 6 heteroatoms. The largest absolute Gasteiger partial charge is 0.497 e. The highest BCUT2D eigenvalue weighted by molar-refractivity contribution is 5.87. The van der Waals surface area contributed by atoms with Gasteiger partial charge in [-0.05, 0) is 57.0 Å². The Hall–Kier alpha value is -3.02. The van der Waals surface area contributed by atoms with Crippen molar-refractivity contribution in [3.8, 4) is 11.5 Å². The van der Waals surface area contributed by atoms with E-state index < -0.39 is 6.04 Å². The number of methoxy groups -OCH3 is 1. The predicted molar refractivity (Wildman–Crippen MR) is 113 cm³/mol. The molecule has 1 N–H and O–H groups in total. The summed E-state index contributed by atoms with van der Waals surface area (Å²) in [7, 11) is 1.60. The molecular formula is C23H30N2O4. The van der Waals surface area contributed by atoms with Crippen molar-refractivity contribution in [2.24, 2.45) is 0 Å². The van der Waals surface area contributed by atoms with Crippen molar-refractivity contribution in [2.75, 3.05) is 20.3 Å². The molecule has 0 aliphatic carbocycles. The van der Waals surface area contributed by atoms with Gasteiger partial charge in [-0.3, -0.25) is 9.59 Å². The Bertz CT molecular complexity index is 833. The first-order valence-corrected chi connectivity index (χ1v) is 9.75. The number of hydrogen-bond acceptors (Lipinski definition) is 4. The first-order chi connectivity index (χ1) is 13.8. The van der Waals surface area contributed by atoms with Gasteiger partial charge in [-0.15, -0.1) is 0 Å². The SMILES string of the molecule is CCNC(=O)[C@H](C)N(Cc1ccc(OC)cc1)C(=O)COc1ccc(C)cc1C. The molecule has 2 aromatic carbocycles. The lowest BCUT2D eigenvalue weighted by Gasteiger charge is -2.28. The van der Waals surface area contributed by atoms with E-state index in [9.17, 15) is 9.59 Å². The van der Waals surface area contributed by atoms with Gasteiger partial charge in [0.2, 0.25) is 5.91 Å². The molecule has 0 heterocycles. The molecule has 0 radical (unpaired) electrons. The number of ether oxygens (including phenoxy) is 2. The molecule has 6 nitrogen and oxygen atoms in total. The van der Waals surface area contributed by atoms with Crippen molar-refractivity contribution in [1.82, 2.24) is 10.2 Å². The minimum absolute atomic E-state index is 0.135. The zero-order valence-electron chi connectivity index (χ0n) is 17.8. The van der Waals surface area contributed by atoms with Gasteiger partial charge >= 0.3 is 0 Å². The molecule has 2 rings (SSSR count). The van der Waals surface area contributed by atoms with Crippen molar-refractivity contribution < 1.29 is 19.1 Å². The second-order valence-electron chi connectivity index (χ2n) is 7.00. The molecule has 0 aliphatic rings. The molecule has 0 spiro atoms. The van der Waals surface area contributed by atoms with Gasteiger partial charge in [-0.1, -0.05) is 29.8 Å². The van der Waals surface area contributed by atoms with Gasteiger partial charge in [0.15, 0.2) is 6.61 Å². The van der Waals surface area contributed by atoms with Crippen LogP contribution in [0.1, 0.15) is 30.5 Å². The molecule has 0 saturated heterocycles. The van der Waals surface area contributed by atoms with Crippen LogP contribution in [0.3, 0.4) is 0 Å². The molecule has 0 bridgehead atoms. The summed E-state index contributed by atoms with van der Waals surface area (Å²) in [5, 5.41) is 2.78. The lowest BCUT2D eigenvalue weighted by molar-refractivity contribution is -0.142. The van der Waals surface area contributed by atoms with Crippen LogP contribution in [0.5, 0.6) is 11.5 Å². The summed E-state index contributed by atoms with van der Waals surface area (Å²) in [6.45, 7) is 8.20. The Morgan fingerprint density at radius 3 is 2.38 bits per heavy atom. The van der Waals surface area contributed by atoms with Crippen LogP contribution in [0.4, 0.5) is 0 Å². The number of nitrogens with one attached hydrogen (secondary N) is 1. The van der Waals surface area contributed by atoms with E-state index in [4.69, 9.17) is 9.47 Å². The van der Waals surface area contributed by atoms with Crippen LogP contribution in [-0.2, 0) is 16.1 Å². The van der Waals surface area contributed by atoms with Crippen LogP contribution in [-0.4, -0.2) is 43.0 Å². The number of carbonyl (C=O) groups excluding carboxylic acids is 2. The number of benzene rings is 2. The van der Waals surface area contributed by atoms with E-state index >= 15 is 0 Å². The highest BCUT2D eigenvalue weighted by Crippen LogP contribution is 2.19. The number of amides is 2. The fourth-order valence-electron chi connectivity index (χ4n) is 3.02. The second kappa shape index (κ2) is 10.5. The third kappa shape index (κ3) is 6.24. The molecule has 2 aromatic rings. The molecule has 0 saturated carbocycles. The molecule has 0 fully saturated rings. The predicted octanol–water partition coefficient (Wildman–Crippen LogP) is 3.24. The van der Waals surface area contributed by atoms with E-state index in [2.05, 4.69) is 5.32 Å². The maximum Gasteiger partial charge on any atom is 0.261 e. The van der Waals surface area contributed by atoms with Crippen molar-refractivity contribution in [3.63, 3.8) is 0 Å². The summed E-state index contributed by atoms with van der Waals surface area (Å²) >= 11 is 0. The van der Waals surface area contributed by atoms with Gasteiger partial charge in [-0.2, -0.15) is 0 Å². The summed E-state index contributed by atoms with van der Waals surface area (Å²) in [5.74, 6) is 0.959. The number of likely N-dealkylation sites (N-methyl/N-ethyl adjacent to an activating group) is 1. The van der Waals surface area contributed by atoms with Crippen molar-refractivity contribution in [3.05, 3.63) is 59.2 Å². The third-order valence-electron chi connectivity index (χ3n) is 4.71. The summed E-state index contributed by atoms with van der Waals surface area (Å²) in [6.07, 6.45) is 0. The summed E-state index contributed by atoms with van der Waals surface area (Å²) in [5.41, 5.74) is 3.00. The molecule has 0 aromatic heterocycles. The Kier molecular flexibility index (Phi) is 8.07. The van der Waals surface area contributed by atoms with Crippen LogP contribution in [0.25, 0.3) is 0 Å². The molecule has 29 heavy (non-hydrogen) atoms. The Balaban J connectivity index is 2.15. The van der Waals surface area contributed by atoms with Gasteiger partial charge in [-0.25, -0.2) is 0 Å². The lowest BCUT2D eigenvalue weighted by Crippen LogP contribution is -2.49. The van der Waals surface area contributed by atoms with Gasteiger partial charge in [0.25, 0.3) is 5.91 Å². The van der Waals surface area contributed by atoms with Crippen LogP contribution >= 0.6 is 0 Å². The van der Waals surface area contributed by atoms with Crippen molar-refractivity contribution >= 4 is 11.8 Å². The zero-order chi connectivity index (χ0) is 21.4. The normalized spacial score (nSPS) is 11.5. The fraction of sp³-hybridized carbons (Fsp3) is 0.391. The summed E-state index contributed by atoms with van der Waals surface area (Å²) < 4.78 is 10.9. The second-order valence-corrected chi connectivity index (χ2v) is 7.00. The lowest BCUT2D eigenvalue weighted by atomic mass is 10.1. The standard InChI is InChI=1S/C23H30N2O4/c1-6-24-23(27)18(4)25(14-19-8-10-20(28-5)11-9-19)22(26)15-29-21-12-7-16(2)13-17(21)3/h7-13,18H,6,14-15H2,1-5H3,(H,24,27)/t18-/m0/s1. The monoisotopic (exact) mass is 398 g/mol. The zero-order valence-corrected chi connectivity index (χ0v) is 17.8. The van der Waals surface area contributed by atoms with Crippen LogP contribution < -0.4 is 14.8 Å². The number of hydrogen-bond donors (Lipinski definition) is 1. The van der Waals surface area contributed by atoms with E-state index in [0.29, 0.717) is 18.8 Å². The average molecular weight is 399 g/mol. The highest BCUT2D eigenvalue weighted by Gasteiger charge is 2.26. The minimum Gasteiger partial charge on any atom is -0.497 e. The van der Waals surface area contributed by atoms with E-state index in [1.165, 1.54) is 4.90 Å². The van der Waals surface area contributed by atoms with Gasteiger partial charge in [0.05, 0.1) is 7.11 Å². The maximum absolute atomic E-state index is 13.0. The molecule has 0 unspecified atom stereocenters. The van der Waals surface area contributed by atoms with E-state index in [0.717, 1.165) is 22.4 Å². The molecule has 156 valence electrons. The van der Waals surface area contributed by atoms with Crippen LogP contribution in [0, 0.1) is 13.8 Å². The third-order valence-corrected chi connectivity index (χ3v) is 4.71. The van der Waals surface area contributed by atoms with Gasteiger partial charge < -0.3 is 19.7 Å². The van der Waals surface area contributed by atoms with Crippen molar-refractivity contribution in [2.45, 2.75) is 40.3 Å². The smallest absolute Gasteiger partial charge is 0.261 e. The Labute approximate surface area is 172 Å². The minimum atomic E-state index is -0.618. The van der Waals surface area contributed by atoms with Crippen LogP contribution in [0.15, 0.2) is 42.5 Å². The number of rotatable bonds is 9. The van der Waals surface area contributed by atoms with Gasteiger partial charge in [0, 0.05) is 13.1 Å².